The summed E-state index contributed by atoms with van der Waals surface area (Å²) in [5.74, 6) is 0. The van der Waals surface area contributed by atoms with Gasteiger partial charge in [0, 0.05) is 24.0 Å². The van der Waals surface area contributed by atoms with Gasteiger partial charge in [-0.1, -0.05) is 0 Å². The molecule has 1 aromatic rings. The first kappa shape index (κ1) is 9.19. The van der Waals surface area contributed by atoms with E-state index in [-0.39, 0.29) is 0 Å². The summed E-state index contributed by atoms with van der Waals surface area (Å²) in [6.45, 7) is 2.23. The molecular weight excluding hydrogens is 180 g/mol. The van der Waals surface area contributed by atoms with Gasteiger partial charge in [-0.2, -0.15) is 0 Å². The zero-order valence-electron chi connectivity index (χ0n) is 8.21. The van der Waals surface area contributed by atoms with Crippen LogP contribution in [-0.2, 0) is 6.42 Å². The molecule has 2 rings (SSSR count). The summed E-state index contributed by atoms with van der Waals surface area (Å²) in [6.07, 6.45) is 1.21. The lowest BCUT2D eigenvalue weighted by atomic mass is 10.0. The maximum atomic E-state index is 3.56. The van der Waals surface area contributed by atoms with Crippen LogP contribution < -0.4 is 5.32 Å². The van der Waals surface area contributed by atoms with Gasteiger partial charge in [0.05, 0.1) is 0 Å². The largest absolute Gasteiger partial charge is 0.308 e. The summed E-state index contributed by atoms with van der Waals surface area (Å²) in [4.78, 5) is 3.82. The first-order valence-corrected chi connectivity index (χ1v) is 5.59. The quantitative estimate of drug-likeness (QED) is 0.771. The van der Waals surface area contributed by atoms with Gasteiger partial charge in [0.1, 0.15) is 0 Å². The van der Waals surface area contributed by atoms with Gasteiger partial charge < -0.3 is 10.2 Å². The SMILES string of the molecule is CN(C)CC1NCCc2sccc21. The molecular formula is C10H16N2S. The van der Waals surface area contributed by atoms with Crippen LogP contribution in [0.1, 0.15) is 16.5 Å². The molecule has 2 heterocycles. The molecule has 0 radical (unpaired) electrons. The molecule has 1 aliphatic rings. The summed E-state index contributed by atoms with van der Waals surface area (Å²) < 4.78 is 0. The predicted molar refractivity (Wildman–Crippen MR) is 57.3 cm³/mol. The molecule has 1 N–H and O–H groups in total. The number of rotatable bonds is 2. The van der Waals surface area contributed by atoms with Gasteiger partial charge in [0.25, 0.3) is 0 Å². The Morgan fingerprint density at radius 2 is 2.46 bits per heavy atom. The summed E-state index contributed by atoms with van der Waals surface area (Å²) >= 11 is 1.90. The predicted octanol–water partition coefficient (Wildman–Crippen LogP) is 1.50. The fourth-order valence-electron chi connectivity index (χ4n) is 1.86. The first-order chi connectivity index (χ1) is 6.27. The minimum absolute atomic E-state index is 0.546. The second-order valence-electron chi connectivity index (χ2n) is 3.82. The van der Waals surface area contributed by atoms with E-state index >= 15 is 0 Å². The Morgan fingerprint density at radius 3 is 3.23 bits per heavy atom. The Morgan fingerprint density at radius 1 is 1.62 bits per heavy atom. The maximum absolute atomic E-state index is 3.56. The van der Waals surface area contributed by atoms with E-state index in [0.717, 1.165) is 13.1 Å². The molecule has 0 saturated carbocycles. The molecule has 0 aliphatic carbocycles. The molecule has 13 heavy (non-hydrogen) atoms. The highest BCUT2D eigenvalue weighted by molar-refractivity contribution is 7.10. The van der Waals surface area contributed by atoms with E-state index in [1.807, 2.05) is 11.3 Å². The second kappa shape index (κ2) is 3.78. The zero-order chi connectivity index (χ0) is 9.26. The lowest BCUT2D eigenvalue weighted by Crippen LogP contribution is -2.35. The molecule has 2 nitrogen and oxygen atoms in total. The normalized spacial score (nSPS) is 21.9. The van der Waals surface area contributed by atoms with Crippen LogP contribution in [0, 0.1) is 0 Å². The van der Waals surface area contributed by atoms with Crippen LogP contribution in [-0.4, -0.2) is 32.1 Å². The van der Waals surface area contributed by atoms with Crippen LogP contribution in [0.5, 0.6) is 0 Å². The fourth-order valence-corrected chi connectivity index (χ4v) is 2.81. The van der Waals surface area contributed by atoms with Crippen LogP contribution in [0.25, 0.3) is 0 Å². The van der Waals surface area contributed by atoms with Gasteiger partial charge in [0.15, 0.2) is 0 Å². The standard InChI is InChI=1S/C10H16N2S/c1-12(2)7-9-8-4-6-13-10(8)3-5-11-9/h4,6,9,11H,3,5,7H2,1-2H3. The van der Waals surface area contributed by atoms with Crippen molar-refractivity contribution >= 4 is 11.3 Å². The average Bonchev–Trinajstić information content (AvgIpc) is 2.51. The second-order valence-corrected chi connectivity index (χ2v) is 4.82. The maximum Gasteiger partial charge on any atom is 0.0460 e. The fraction of sp³-hybridized carbons (Fsp3) is 0.600. The number of hydrogen-bond donors (Lipinski definition) is 1. The minimum atomic E-state index is 0.546. The molecule has 0 amide bonds. The summed E-state index contributed by atoms with van der Waals surface area (Å²) in [6, 6.07) is 2.81. The third-order valence-corrected chi connectivity index (χ3v) is 3.44. The molecule has 0 aromatic carbocycles. The number of likely N-dealkylation sites (N-methyl/N-ethyl adjacent to an activating group) is 1. The molecule has 1 aromatic heterocycles. The number of nitrogens with one attached hydrogen (secondary N) is 1. The van der Waals surface area contributed by atoms with Crippen molar-refractivity contribution < 1.29 is 0 Å². The van der Waals surface area contributed by atoms with E-state index < -0.39 is 0 Å². The van der Waals surface area contributed by atoms with E-state index in [0.29, 0.717) is 6.04 Å². The zero-order valence-corrected chi connectivity index (χ0v) is 9.03. The van der Waals surface area contributed by atoms with Crippen molar-refractivity contribution in [3.05, 3.63) is 21.9 Å². The summed E-state index contributed by atoms with van der Waals surface area (Å²) in [7, 11) is 4.25. The highest BCUT2D eigenvalue weighted by Gasteiger charge is 2.20. The monoisotopic (exact) mass is 196 g/mol. The average molecular weight is 196 g/mol. The van der Waals surface area contributed by atoms with Gasteiger partial charge in [-0.05, 0) is 37.5 Å². The van der Waals surface area contributed by atoms with E-state index in [1.165, 1.54) is 12.0 Å². The van der Waals surface area contributed by atoms with Gasteiger partial charge in [0.2, 0.25) is 0 Å². The van der Waals surface area contributed by atoms with Crippen molar-refractivity contribution in [3.8, 4) is 0 Å². The summed E-state index contributed by atoms with van der Waals surface area (Å²) in [5, 5.41) is 5.77. The molecule has 1 atom stereocenters. The third-order valence-electron chi connectivity index (χ3n) is 2.45. The van der Waals surface area contributed by atoms with Gasteiger partial charge in [-0.15, -0.1) is 11.3 Å². The Hall–Kier alpha value is -0.380. The topological polar surface area (TPSA) is 15.3 Å². The number of nitrogens with zero attached hydrogens (tertiary/aromatic N) is 1. The molecule has 0 spiro atoms. The van der Waals surface area contributed by atoms with Crippen molar-refractivity contribution in [2.24, 2.45) is 0 Å². The van der Waals surface area contributed by atoms with Crippen LogP contribution in [0.15, 0.2) is 11.4 Å². The van der Waals surface area contributed by atoms with Crippen LogP contribution in [0.4, 0.5) is 0 Å². The molecule has 1 aliphatic heterocycles. The molecule has 0 fully saturated rings. The highest BCUT2D eigenvalue weighted by Crippen LogP contribution is 2.27. The Balaban J connectivity index is 2.15. The number of hydrogen-bond acceptors (Lipinski definition) is 3. The van der Waals surface area contributed by atoms with Gasteiger partial charge in [-0.25, -0.2) is 0 Å². The lowest BCUT2D eigenvalue weighted by molar-refractivity contribution is 0.335. The van der Waals surface area contributed by atoms with Crippen molar-refractivity contribution in [3.63, 3.8) is 0 Å². The number of fused-ring (bicyclic) bond motifs is 1. The van der Waals surface area contributed by atoms with Crippen molar-refractivity contribution in [2.45, 2.75) is 12.5 Å². The first-order valence-electron chi connectivity index (χ1n) is 4.72. The highest BCUT2D eigenvalue weighted by atomic mass is 32.1. The smallest absolute Gasteiger partial charge is 0.0460 e. The molecule has 3 heteroatoms. The molecule has 0 saturated heterocycles. The Kier molecular flexibility index (Phi) is 2.67. The van der Waals surface area contributed by atoms with E-state index in [4.69, 9.17) is 0 Å². The molecule has 0 bridgehead atoms. The molecule has 1 unspecified atom stereocenters. The Bertz CT molecular complexity index is 280. The van der Waals surface area contributed by atoms with E-state index in [1.54, 1.807) is 4.88 Å². The van der Waals surface area contributed by atoms with Crippen LogP contribution in [0.3, 0.4) is 0 Å². The van der Waals surface area contributed by atoms with Crippen molar-refractivity contribution in [2.75, 3.05) is 27.2 Å². The van der Waals surface area contributed by atoms with Crippen molar-refractivity contribution in [1.82, 2.24) is 10.2 Å². The Labute approximate surface area is 83.6 Å². The van der Waals surface area contributed by atoms with E-state index in [9.17, 15) is 0 Å². The van der Waals surface area contributed by atoms with Crippen LogP contribution >= 0.6 is 11.3 Å². The molecule has 72 valence electrons. The minimum Gasteiger partial charge on any atom is -0.308 e. The summed E-state index contributed by atoms with van der Waals surface area (Å²) in [5.41, 5.74) is 1.52. The number of thiophene rings is 1. The van der Waals surface area contributed by atoms with Crippen molar-refractivity contribution in [1.29, 1.82) is 0 Å². The van der Waals surface area contributed by atoms with Crippen LogP contribution in [0.2, 0.25) is 0 Å². The lowest BCUT2D eigenvalue weighted by Gasteiger charge is -2.26. The van der Waals surface area contributed by atoms with Gasteiger partial charge in [-0.3, -0.25) is 0 Å². The van der Waals surface area contributed by atoms with E-state index in [2.05, 4.69) is 35.8 Å². The van der Waals surface area contributed by atoms with Gasteiger partial charge >= 0.3 is 0 Å². The third kappa shape index (κ3) is 1.93.